The first-order valence-electron chi connectivity index (χ1n) is 7.04. The molecule has 21 heavy (non-hydrogen) atoms. The summed E-state index contributed by atoms with van der Waals surface area (Å²) in [7, 11) is -6.42. The average molecular weight is 329 g/mol. The van der Waals surface area contributed by atoms with Crippen molar-refractivity contribution in [2.75, 3.05) is 17.3 Å². The van der Waals surface area contributed by atoms with E-state index in [4.69, 9.17) is 0 Å². The number of fused-ring (bicyclic) bond motifs is 1. The number of nitrogens with one attached hydrogen (secondary N) is 1. The topological polar surface area (TPSA) is 80.3 Å². The Morgan fingerprint density at radius 1 is 1.29 bits per heavy atom. The van der Waals surface area contributed by atoms with Crippen LogP contribution >= 0.6 is 0 Å². The van der Waals surface area contributed by atoms with Crippen LogP contribution in [0.25, 0.3) is 0 Å². The highest BCUT2D eigenvalue weighted by molar-refractivity contribution is 7.93. The van der Waals surface area contributed by atoms with Crippen LogP contribution in [0.1, 0.15) is 29.2 Å². The molecule has 1 N–H and O–H groups in total. The van der Waals surface area contributed by atoms with Crippen LogP contribution in [-0.4, -0.2) is 34.1 Å². The van der Waals surface area contributed by atoms with Crippen LogP contribution in [0, 0.1) is 12.8 Å². The SMILES string of the molecule is Cc1ccc2c(c1)CCC2NS(=O)(=O)CC1CS(=O)(=O)C1. The number of hydrogen-bond acceptors (Lipinski definition) is 4. The fourth-order valence-corrected chi connectivity index (χ4v) is 6.71. The second-order valence-electron chi connectivity index (χ2n) is 6.14. The van der Waals surface area contributed by atoms with Crippen molar-refractivity contribution in [1.82, 2.24) is 4.72 Å². The lowest BCUT2D eigenvalue weighted by Gasteiger charge is -2.26. The number of hydrogen-bond donors (Lipinski definition) is 1. The van der Waals surface area contributed by atoms with Gasteiger partial charge >= 0.3 is 0 Å². The summed E-state index contributed by atoms with van der Waals surface area (Å²) in [4.78, 5) is 0. The molecule has 0 saturated carbocycles. The van der Waals surface area contributed by atoms with E-state index < -0.39 is 19.9 Å². The van der Waals surface area contributed by atoms with Crippen molar-refractivity contribution in [1.29, 1.82) is 0 Å². The fraction of sp³-hybridized carbons (Fsp3) is 0.571. The maximum absolute atomic E-state index is 12.2. The lowest BCUT2D eigenvalue weighted by atomic mass is 10.1. The van der Waals surface area contributed by atoms with Crippen molar-refractivity contribution in [2.24, 2.45) is 5.92 Å². The summed E-state index contributed by atoms with van der Waals surface area (Å²) in [5, 5.41) is 0. The van der Waals surface area contributed by atoms with E-state index in [0.717, 1.165) is 18.4 Å². The Labute approximate surface area is 125 Å². The zero-order valence-electron chi connectivity index (χ0n) is 11.9. The molecule has 0 amide bonds. The highest BCUT2D eigenvalue weighted by atomic mass is 32.2. The molecule has 2 aliphatic rings. The van der Waals surface area contributed by atoms with E-state index in [2.05, 4.69) is 10.8 Å². The summed E-state index contributed by atoms with van der Waals surface area (Å²) in [5.74, 6) is -0.362. The van der Waals surface area contributed by atoms with Crippen molar-refractivity contribution in [3.05, 3.63) is 34.9 Å². The Kier molecular flexibility index (Phi) is 3.62. The van der Waals surface area contributed by atoms with Crippen molar-refractivity contribution in [3.8, 4) is 0 Å². The quantitative estimate of drug-likeness (QED) is 0.892. The van der Waals surface area contributed by atoms with E-state index in [1.807, 2.05) is 19.1 Å². The summed E-state index contributed by atoms with van der Waals surface area (Å²) in [5.41, 5.74) is 3.43. The minimum absolute atomic E-state index is 0.00560. The molecule has 1 saturated heterocycles. The van der Waals surface area contributed by atoms with Crippen LogP contribution in [0.3, 0.4) is 0 Å². The molecular formula is C14H19NO4S2. The molecule has 7 heteroatoms. The van der Waals surface area contributed by atoms with E-state index in [1.54, 1.807) is 0 Å². The second-order valence-corrected chi connectivity index (χ2v) is 10.1. The van der Waals surface area contributed by atoms with Crippen molar-refractivity contribution in [3.63, 3.8) is 0 Å². The summed E-state index contributed by atoms with van der Waals surface area (Å²) in [6, 6.07) is 5.90. The van der Waals surface area contributed by atoms with Gasteiger partial charge in [-0.05, 0) is 30.9 Å². The Bertz CT molecular complexity index is 756. The predicted octanol–water partition coefficient (Wildman–Crippen LogP) is 0.946. The second kappa shape index (κ2) is 5.07. The van der Waals surface area contributed by atoms with E-state index in [0.29, 0.717) is 0 Å². The largest absolute Gasteiger partial charge is 0.229 e. The Morgan fingerprint density at radius 3 is 2.67 bits per heavy atom. The van der Waals surface area contributed by atoms with Crippen LogP contribution in [0.2, 0.25) is 0 Å². The first kappa shape index (κ1) is 15.0. The summed E-state index contributed by atoms with van der Waals surface area (Å²) < 4.78 is 49.3. The van der Waals surface area contributed by atoms with Gasteiger partial charge in [0, 0.05) is 12.0 Å². The van der Waals surface area contributed by atoms with Crippen molar-refractivity contribution >= 4 is 19.9 Å². The molecule has 1 aromatic carbocycles. The lowest BCUT2D eigenvalue weighted by Crippen LogP contribution is -2.43. The molecule has 0 aromatic heterocycles. The van der Waals surface area contributed by atoms with Gasteiger partial charge in [0.2, 0.25) is 10.0 Å². The van der Waals surface area contributed by atoms with Gasteiger partial charge in [-0.15, -0.1) is 0 Å². The van der Waals surface area contributed by atoms with Crippen molar-refractivity contribution in [2.45, 2.75) is 25.8 Å². The lowest BCUT2D eigenvalue weighted by molar-refractivity contribution is 0.521. The Morgan fingerprint density at radius 2 is 2.00 bits per heavy atom. The third kappa shape index (κ3) is 3.30. The zero-order chi connectivity index (χ0) is 15.3. The third-order valence-electron chi connectivity index (χ3n) is 4.13. The molecule has 0 bridgehead atoms. The van der Waals surface area contributed by atoms with Gasteiger partial charge in [0.1, 0.15) is 0 Å². The van der Waals surface area contributed by atoms with Gasteiger partial charge in [0.05, 0.1) is 17.3 Å². The van der Waals surface area contributed by atoms with Gasteiger partial charge in [0.25, 0.3) is 0 Å². The molecule has 3 rings (SSSR count). The molecule has 1 fully saturated rings. The molecule has 1 aliphatic heterocycles. The van der Waals surface area contributed by atoms with Gasteiger partial charge in [-0.3, -0.25) is 0 Å². The standard InChI is InChI=1S/C14H19NO4S2/c1-10-2-4-13-12(6-10)3-5-14(13)15-21(18,19)9-11-7-20(16,17)8-11/h2,4,6,11,14-15H,3,5,7-9H2,1H3. The maximum atomic E-state index is 12.2. The summed E-state index contributed by atoms with van der Waals surface area (Å²) in [6.45, 7) is 2.02. The van der Waals surface area contributed by atoms with Gasteiger partial charge < -0.3 is 0 Å². The van der Waals surface area contributed by atoms with Crippen LogP contribution in [-0.2, 0) is 26.3 Å². The zero-order valence-corrected chi connectivity index (χ0v) is 13.5. The van der Waals surface area contributed by atoms with Gasteiger partial charge in [0.15, 0.2) is 9.84 Å². The minimum atomic E-state index is -3.44. The summed E-state index contributed by atoms with van der Waals surface area (Å²) in [6.07, 6.45) is 1.64. The third-order valence-corrected chi connectivity index (χ3v) is 7.64. The Hall–Kier alpha value is -0.920. The molecule has 116 valence electrons. The van der Waals surface area contributed by atoms with E-state index in [-0.39, 0.29) is 29.2 Å². The van der Waals surface area contributed by atoms with Crippen LogP contribution in [0.5, 0.6) is 0 Å². The number of rotatable bonds is 4. The maximum Gasteiger partial charge on any atom is 0.212 e. The molecule has 1 aliphatic carbocycles. The number of sulfonamides is 1. The number of benzene rings is 1. The first-order chi connectivity index (χ1) is 9.74. The molecule has 0 spiro atoms. The number of aryl methyl sites for hydroxylation is 2. The first-order valence-corrected chi connectivity index (χ1v) is 10.5. The average Bonchev–Trinajstić information content (AvgIpc) is 2.68. The highest BCUT2D eigenvalue weighted by Crippen LogP contribution is 2.32. The van der Waals surface area contributed by atoms with Crippen LogP contribution in [0.4, 0.5) is 0 Å². The van der Waals surface area contributed by atoms with Gasteiger partial charge in [-0.25, -0.2) is 21.6 Å². The summed E-state index contributed by atoms with van der Waals surface area (Å²) >= 11 is 0. The minimum Gasteiger partial charge on any atom is -0.229 e. The monoisotopic (exact) mass is 329 g/mol. The van der Waals surface area contributed by atoms with E-state index in [9.17, 15) is 16.8 Å². The Balaban J connectivity index is 1.68. The van der Waals surface area contributed by atoms with E-state index in [1.165, 1.54) is 11.1 Å². The van der Waals surface area contributed by atoms with Crippen molar-refractivity contribution < 1.29 is 16.8 Å². The molecular weight excluding hydrogens is 310 g/mol. The number of sulfone groups is 1. The van der Waals surface area contributed by atoms with Gasteiger partial charge in [-0.2, -0.15) is 0 Å². The van der Waals surface area contributed by atoms with Crippen LogP contribution < -0.4 is 4.72 Å². The van der Waals surface area contributed by atoms with E-state index >= 15 is 0 Å². The normalized spacial score (nSPS) is 24.5. The molecule has 0 radical (unpaired) electrons. The molecule has 1 heterocycles. The molecule has 1 atom stereocenters. The highest BCUT2D eigenvalue weighted by Gasteiger charge is 2.37. The molecule has 1 unspecified atom stereocenters. The molecule has 1 aromatic rings. The molecule has 5 nitrogen and oxygen atoms in total. The smallest absolute Gasteiger partial charge is 0.212 e. The predicted molar refractivity (Wildman–Crippen MR) is 81.3 cm³/mol. The van der Waals surface area contributed by atoms with Crippen LogP contribution in [0.15, 0.2) is 18.2 Å². The van der Waals surface area contributed by atoms with Gasteiger partial charge in [-0.1, -0.05) is 23.8 Å². The fourth-order valence-electron chi connectivity index (χ4n) is 3.21.